The number of hydrogen-bond acceptors (Lipinski definition) is 1. The van der Waals surface area contributed by atoms with Crippen LogP contribution in [0.2, 0.25) is 0 Å². The molecule has 0 radical (unpaired) electrons. The van der Waals surface area contributed by atoms with E-state index in [0.717, 1.165) is 18.9 Å². The van der Waals surface area contributed by atoms with Crippen LogP contribution < -0.4 is 0 Å². The largest absolute Gasteiger partial charge is 0.260 e. The minimum Gasteiger partial charge on any atom is -0.260 e. The third-order valence-electron chi connectivity index (χ3n) is 2.94. The molecule has 3 aromatic rings. The molecule has 0 aliphatic carbocycles. The molecule has 0 fully saturated rings. The Morgan fingerprint density at radius 1 is 1.21 bits per heavy atom. The molecule has 0 saturated carbocycles. The molecule has 19 heavy (non-hydrogen) atoms. The van der Waals surface area contributed by atoms with E-state index < -0.39 is 0 Å². The van der Waals surface area contributed by atoms with Crippen molar-refractivity contribution >= 4 is 49.4 Å². The Morgan fingerprint density at radius 2 is 2.05 bits per heavy atom. The van der Waals surface area contributed by atoms with Crippen LogP contribution in [-0.2, 0) is 6.54 Å². The number of benzene rings is 2. The Labute approximate surface area is 131 Å². The molecule has 0 amide bonds. The van der Waals surface area contributed by atoms with Crippen molar-refractivity contribution < 1.29 is 4.39 Å². The molecule has 0 unspecified atom stereocenters. The van der Waals surface area contributed by atoms with Crippen LogP contribution in [0.3, 0.4) is 0 Å². The van der Waals surface area contributed by atoms with E-state index in [1.807, 2.05) is 29.1 Å². The first-order valence-electron chi connectivity index (χ1n) is 5.68. The zero-order chi connectivity index (χ0) is 13.4. The van der Waals surface area contributed by atoms with Gasteiger partial charge in [-0.1, -0.05) is 28.1 Å². The van der Waals surface area contributed by atoms with Crippen molar-refractivity contribution in [3.05, 3.63) is 62.0 Å². The van der Waals surface area contributed by atoms with E-state index in [2.05, 4.69) is 49.7 Å². The molecule has 2 nitrogen and oxygen atoms in total. The Kier molecular flexibility index (Phi) is 3.58. The van der Waals surface area contributed by atoms with Gasteiger partial charge >= 0.3 is 0 Å². The lowest BCUT2D eigenvalue weighted by Gasteiger charge is -2.06. The topological polar surface area (TPSA) is 17.8 Å². The van der Waals surface area contributed by atoms with Gasteiger partial charge in [0, 0.05) is 19.0 Å². The monoisotopic (exact) mass is 430 g/mol. The SMILES string of the molecule is Fc1cc(Br)ccc1Cn1ncc2ccc(I)cc21. The van der Waals surface area contributed by atoms with Crippen LogP contribution in [0.1, 0.15) is 5.56 Å². The summed E-state index contributed by atoms with van der Waals surface area (Å²) in [6.07, 6.45) is 1.81. The highest BCUT2D eigenvalue weighted by Crippen LogP contribution is 2.20. The van der Waals surface area contributed by atoms with Crippen molar-refractivity contribution in [2.45, 2.75) is 6.54 Å². The maximum atomic E-state index is 13.8. The fourth-order valence-corrected chi connectivity index (χ4v) is 2.79. The number of halogens is 3. The van der Waals surface area contributed by atoms with Crippen LogP contribution in [0, 0.1) is 9.39 Å². The van der Waals surface area contributed by atoms with E-state index in [9.17, 15) is 4.39 Å². The molecular weight excluding hydrogens is 422 g/mol. The molecule has 96 valence electrons. The molecule has 2 aromatic carbocycles. The van der Waals surface area contributed by atoms with E-state index in [1.165, 1.54) is 6.07 Å². The molecule has 0 aliphatic rings. The Morgan fingerprint density at radius 3 is 2.84 bits per heavy atom. The first-order valence-corrected chi connectivity index (χ1v) is 7.56. The number of hydrogen-bond donors (Lipinski definition) is 0. The van der Waals surface area contributed by atoms with Gasteiger partial charge in [-0.2, -0.15) is 5.10 Å². The first-order chi connectivity index (χ1) is 9.13. The van der Waals surface area contributed by atoms with E-state index in [1.54, 1.807) is 6.07 Å². The molecule has 5 heteroatoms. The number of nitrogens with zero attached hydrogens (tertiary/aromatic N) is 2. The fourth-order valence-electron chi connectivity index (χ4n) is 1.98. The van der Waals surface area contributed by atoms with Gasteiger partial charge in [0.05, 0.1) is 18.3 Å². The predicted molar refractivity (Wildman–Crippen MR) is 85.7 cm³/mol. The smallest absolute Gasteiger partial charge is 0.129 e. The summed E-state index contributed by atoms with van der Waals surface area (Å²) >= 11 is 5.52. The molecule has 0 aliphatic heterocycles. The van der Waals surface area contributed by atoms with E-state index in [-0.39, 0.29) is 5.82 Å². The number of rotatable bonds is 2. The highest BCUT2D eigenvalue weighted by atomic mass is 127. The summed E-state index contributed by atoms with van der Waals surface area (Å²) in [4.78, 5) is 0. The lowest BCUT2D eigenvalue weighted by molar-refractivity contribution is 0.589. The van der Waals surface area contributed by atoms with Gasteiger partial charge in [0.1, 0.15) is 5.82 Å². The lowest BCUT2D eigenvalue weighted by atomic mass is 10.2. The van der Waals surface area contributed by atoms with Gasteiger partial charge in [-0.25, -0.2) is 4.39 Å². The van der Waals surface area contributed by atoms with Crippen molar-refractivity contribution in [2.75, 3.05) is 0 Å². The summed E-state index contributed by atoms with van der Waals surface area (Å²) in [5, 5.41) is 5.40. The summed E-state index contributed by atoms with van der Waals surface area (Å²) < 4.78 is 17.6. The van der Waals surface area contributed by atoms with Crippen LogP contribution in [0.4, 0.5) is 4.39 Å². The summed E-state index contributed by atoms with van der Waals surface area (Å²) in [6, 6.07) is 11.2. The Bertz CT molecular complexity index is 754. The summed E-state index contributed by atoms with van der Waals surface area (Å²) in [7, 11) is 0. The maximum Gasteiger partial charge on any atom is 0.129 e. The van der Waals surface area contributed by atoms with Gasteiger partial charge in [0.2, 0.25) is 0 Å². The van der Waals surface area contributed by atoms with Crippen LogP contribution in [-0.4, -0.2) is 9.78 Å². The average Bonchev–Trinajstić information content (AvgIpc) is 2.75. The van der Waals surface area contributed by atoms with Gasteiger partial charge in [-0.05, 0) is 46.9 Å². The van der Waals surface area contributed by atoms with Gasteiger partial charge in [0.25, 0.3) is 0 Å². The van der Waals surface area contributed by atoms with E-state index in [0.29, 0.717) is 12.1 Å². The summed E-state index contributed by atoms with van der Waals surface area (Å²) in [6.45, 7) is 0.433. The number of aromatic nitrogens is 2. The fraction of sp³-hybridized carbons (Fsp3) is 0.0714. The number of fused-ring (bicyclic) bond motifs is 1. The van der Waals surface area contributed by atoms with Crippen molar-refractivity contribution in [1.29, 1.82) is 0 Å². The lowest BCUT2D eigenvalue weighted by Crippen LogP contribution is -2.03. The van der Waals surface area contributed by atoms with Crippen molar-refractivity contribution in [1.82, 2.24) is 9.78 Å². The molecule has 1 aromatic heterocycles. The molecule has 0 spiro atoms. The second-order valence-electron chi connectivity index (χ2n) is 4.24. The Balaban J connectivity index is 2.03. The third kappa shape index (κ3) is 2.67. The second-order valence-corrected chi connectivity index (χ2v) is 6.40. The molecule has 0 N–H and O–H groups in total. The highest BCUT2D eigenvalue weighted by Gasteiger charge is 2.07. The van der Waals surface area contributed by atoms with Crippen LogP contribution in [0.5, 0.6) is 0 Å². The first kappa shape index (κ1) is 13.1. The third-order valence-corrected chi connectivity index (χ3v) is 4.11. The predicted octanol–water partition coefficient (Wildman–Crippen LogP) is 4.59. The van der Waals surface area contributed by atoms with Crippen molar-refractivity contribution in [3.8, 4) is 0 Å². The minimum atomic E-state index is -0.219. The molecule has 0 bridgehead atoms. The standard InChI is InChI=1S/C14H9BrFIN2/c15-11-3-1-10(13(16)5-11)8-19-14-6-12(17)4-2-9(14)7-18-19/h1-7H,8H2. The minimum absolute atomic E-state index is 0.219. The van der Waals surface area contributed by atoms with E-state index >= 15 is 0 Å². The average molecular weight is 431 g/mol. The van der Waals surface area contributed by atoms with Crippen LogP contribution in [0.25, 0.3) is 10.9 Å². The van der Waals surface area contributed by atoms with E-state index in [4.69, 9.17) is 0 Å². The van der Waals surface area contributed by atoms with Gasteiger partial charge in [-0.15, -0.1) is 0 Å². The van der Waals surface area contributed by atoms with Gasteiger partial charge in [-0.3, -0.25) is 4.68 Å². The molecule has 3 rings (SSSR count). The molecule has 0 atom stereocenters. The zero-order valence-electron chi connectivity index (χ0n) is 9.78. The molecule has 0 saturated heterocycles. The quantitative estimate of drug-likeness (QED) is 0.543. The van der Waals surface area contributed by atoms with Crippen LogP contribution in [0.15, 0.2) is 47.1 Å². The molecule has 1 heterocycles. The van der Waals surface area contributed by atoms with Crippen molar-refractivity contribution in [3.63, 3.8) is 0 Å². The Hall–Kier alpha value is -0.950. The molecular formula is C14H9BrFIN2. The normalized spacial score (nSPS) is 11.1. The zero-order valence-corrected chi connectivity index (χ0v) is 13.5. The maximum absolute atomic E-state index is 13.8. The highest BCUT2D eigenvalue weighted by molar-refractivity contribution is 14.1. The van der Waals surface area contributed by atoms with Gasteiger partial charge in [0.15, 0.2) is 0 Å². The van der Waals surface area contributed by atoms with Crippen LogP contribution >= 0.6 is 38.5 Å². The van der Waals surface area contributed by atoms with Crippen molar-refractivity contribution in [2.24, 2.45) is 0 Å². The summed E-state index contributed by atoms with van der Waals surface area (Å²) in [5.74, 6) is -0.219. The summed E-state index contributed by atoms with van der Waals surface area (Å²) in [5.41, 5.74) is 1.65. The van der Waals surface area contributed by atoms with Gasteiger partial charge < -0.3 is 0 Å². The second kappa shape index (κ2) is 5.20.